The molecule has 1 fully saturated rings. The highest BCUT2D eigenvalue weighted by molar-refractivity contribution is 7.89. The number of ether oxygens (including phenoxy) is 1. The SMILES string of the molecule is CC(C)n1cc(S(=O)(=O)N(C)C2CCOC2)cc1CCl. The number of likely N-dealkylation sites (N-methyl/N-ethyl adjacent to an activating group) is 1. The highest BCUT2D eigenvalue weighted by Crippen LogP contribution is 2.25. The molecule has 1 unspecified atom stereocenters. The summed E-state index contributed by atoms with van der Waals surface area (Å²) >= 11 is 5.90. The number of halogens is 1. The van der Waals surface area contributed by atoms with Crippen LogP contribution in [0.1, 0.15) is 32.0 Å². The van der Waals surface area contributed by atoms with Gasteiger partial charge in [0.25, 0.3) is 0 Å². The molecular weight excluding hydrogens is 300 g/mol. The molecule has 1 aliphatic heterocycles. The van der Waals surface area contributed by atoms with Gasteiger partial charge in [0, 0.05) is 31.6 Å². The first kappa shape index (κ1) is 15.8. The van der Waals surface area contributed by atoms with Gasteiger partial charge in [-0.2, -0.15) is 4.31 Å². The van der Waals surface area contributed by atoms with E-state index in [-0.39, 0.29) is 12.1 Å². The van der Waals surface area contributed by atoms with E-state index >= 15 is 0 Å². The number of rotatable bonds is 5. The zero-order valence-corrected chi connectivity index (χ0v) is 13.6. The smallest absolute Gasteiger partial charge is 0.244 e. The summed E-state index contributed by atoms with van der Waals surface area (Å²) in [5, 5.41) is 0. The van der Waals surface area contributed by atoms with Gasteiger partial charge >= 0.3 is 0 Å². The Morgan fingerprint density at radius 1 is 1.55 bits per heavy atom. The molecule has 0 N–H and O–H groups in total. The monoisotopic (exact) mass is 320 g/mol. The van der Waals surface area contributed by atoms with Crippen molar-refractivity contribution in [3.05, 3.63) is 18.0 Å². The second-order valence-electron chi connectivity index (χ2n) is 5.34. The lowest BCUT2D eigenvalue weighted by atomic mass is 10.3. The van der Waals surface area contributed by atoms with E-state index in [2.05, 4.69) is 0 Å². The quantitative estimate of drug-likeness (QED) is 0.782. The van der Waals surface area contributed by atoms with E-state index in [1.807, 2.05) is 18.4 Å². The molecule has 2 heterocycles. The molecule has 7 heteroatoms. The van der Waals surface area contributed by atoms with Crippen LogP contribution in [0.5, 0.6) is 0 Å². The molecule has 1 saturated heterocycles. The predicted molar refractivity (Wildman–Crippen MR) is 78.5 cm³/mol. The molecule has 0 bridgehead atoms. The van der Waals surface area contributed by atoms with E-state index in [1.54, 1.807) is 19.3 Å². The molecule has 2 rings (SSSR count). The van der Waals surface area contributed by atoms with Gasteiger partial charge in [-0.25, -0.2) is 8.42 Å². The zero-order valence-electron chi connectivity index (χ0n) is 12.0. The number of hydrogen-bond acceptors (Lipinski definition) is 3. The van der Waals surface area contributed by atoms with Crippen molar-refractivity contribution in [2.24, 2.45) is 0 Å². The summed E-state index contributed by atoms with van der Waals surface area (Å²) < 4.78 is 33.9. The van der Waals surface area contributed by atoms with Gasteiger partial charge in [0.05, 0.1) is 18.5 Å². The van der Waals surface area contributed by atoms with Crippen LogP contribution in [0.25, 0.3) is 0 Å². The van der Waals surface area contributed by atoms with Crippen molar-refractivity contribution in [1.82, 2.24) is 8.87 Å². The van der Waals surface area contributed by atoms with Gasteiger partial charge in [-0.1, -0.05) is 0 Å². The molecule has 1 aromatic heterocycles. The van der Waals surface area contributed by atoms with Crippen molar-refractivity contribution in [2.45, 2.75) is 43.1 Å². The number of aromatic nitrogens is 1. The van der Waals surface area contributed by atoms with Crippen LogP contribution in [0.3, 0.4) is 0 Å². The second kappa shape index (κ2) is 6.05. The first-order chi connectivity index (χ1) is 9.37. The maximum absolute atomic E-state index is 12.6. The molecule has 0 saturated carbocycles. The molecule has 114 valence electrons. The maximum Gasteiger partial charge on any atom is 0.244 e. The molecule has 0 amide bonds. The Kier molecular flexibility index (Phi) is 4.79. The van der Waals surface area contributed by atoms with E-state index in [9.17, 15) is 8.42 Å². The van der Waals surface area contributed by atoms with E-state index < -0.39 is 10.0 Å². The summed E-state index contributed by atoms with van der Waals surface area (Å²) in [6.45, 7) is 5.08. The standard InChI is InChI=1S/C13H21ClN2O3S/c1-10(2)16-8-13(6-12(16)7-14)20(17,18)15(3)11-4-5-19-9-11/h6,8,10-11H,4-5,7,9H2,1-3H3. The first-order valence-corrected chi connectivity index (χ1v) is 8.68. The fourth-order valence-electron chi connectivity index (χ4n) is 2.40. The van der Waals surface area contributed by atoms with E-state index in [0.717, 1.165) is 12.1 Å². The molecule has 5 nitrogen and oxygen atoms in total. The van der Waals surface area contributed by atoms with Crippen LogP contribution < -0.4 is 0 Å². The van der Waals surface area contributed by atoms with Gasteiger partial charge in [-0.15, -0.1) is 11.6 Å². The largest absolute Gasteiger partial charge is 0.380 e. The average Bonchev–Trinajstić information content (AvgIpc) is 3.06. The molecular formula is C13H21ClN2O3S. The van der Waals surface area contributed by atoms with Crippen LogP contribution in [-0.4, -0.2) is 43.6 Å². The van der Waals surface area contributed by atoms with Gasteiger partial charge < -0.3 is 9.30 Å². The van der Waals surface area contributed by atoms with Crippen LogP contribution in [0.15, 0.2) is 17.2 Å². The Morgan fingerprint density at radius 2 is 2.25 bits per heavy atom. The minimum atomic E-state index is -3.49. The van der Waals surface area contributed by atoms with Crippen molar-refractivity contribution in [3.63, 3.8) is 0 Å². The van der Waals surface area contributed by atoms with Crippen LogP contribution in [0.2, 0.25) is 0 Å². The highest BCUT2D eigenvalue weighted by atomic mass is 35.5. The maximum atomic E-state index is 12.6. The highest BCUT2D eigenvalue weighted by Gasteiger charge is 2.31. The Bertz CT molecular complexity index is 562. The summed E-state index contributed by atoms with van der Waals surface area (Å²) in [5.74, 6) is 0.296. The minimum Gasteiger partial charge on any atom is -0.380 e. The summed E-state index contributed by atoms with van der Waals surface area (Å²) in [7, 11) is -1.88. The zero-order chi connectivity index (χ0) is 14.9. The molecule has 20 heavy (non-hydrogen) atoms. The van der Waals surface area contributed by atoms with Crippen LogP contribution in [-0.2, 0) is 20.6 Å². The van der Waals surface area contributed by atoms with Crippen molar-refractivity contribution in [3.8, 4) is 0 Å². The summed E-state index contributed by atoms with van der Waals surface area (Å²) in [4.78, 5) is 0.302. The summed E-state index contributed by atoms with van der Waals surface area (Å²) in [6.07, 6.45) is 2.41. The third-order valence-electron chi connectivity index (χ3n) is 3.70. The molecule has 1 aliphatic rings. The van der Waals surface area contributed by atoms with Crippen molar-refractivity contribution in [1.29, 1.82) is 0 Å². The first-order valence-electron chi connectivity index (χ1n) is 6.70. The molecule has 1 atom stereocenters. The third-order valence-corrected chi connectivity index (χ3v) is 5.85. The van der Waals surface area contributed by atoms with Crippen molar-refractivity contribution < 1.29 is 13.2 Å². The fourth-order valence-corrected chi connectivity index (χ4v) is 4.03. The average molecular weight is 321 g/mol. The minimum absolute atomic E-state index is 0.0816. The molecule has 0 aliphatic carbocycles. The molecule has 0 spiro atoms. The fraction of sp³-hybridized carbons (Fsp3) is 0.692. The Balaban J connectivity index is 2.33. The molecule has 0 aromatic carbocycles. The normalized spacial score (nSPS) is 20.2. The lowest BCUT2D eigenvalue weighted by Gasteiger charge is -2.21. The number of nitrogens with zero attached hydrogens (tertiary/aromatic N) is 2. The molecule has 1 aromatic rings. The third kappa shape index (κ3) is 2.88. The number of hydrogen-bond donors (Lipinski definition) is 0. The van der Waals surface area contributed by atoms with Crippen molar-refractivity contribution >= 4 is 21.6 Å². The lowest BCUT2D eigenvalue weighted by Crippen LogP contribution is -2.37. The van der Waals surface area contributed by atoms with Gasteiger partial charge in [-0.05, 0) is 26.3 Å². The van der Waals surface area contributed by atoms with Crippen LogP contribution >= 0.6 is 11.6 Å². The molecule has 0 radical (unpaired) electrons. The topological polar surface area (TPSA) is 51.5 Å². The van der Waals surface area contributed by atoms with Gasteiger partial charge in [0.15, 0.2) is 0 Å². The second-order valence-corrected chi connectivity index (χ2v) is 7.61. The van der Waals surface area contributed by atoms with Gasteiger partial charge in [0.2, 0.25) is 10.0 Å². The van der Waals surface area contributed by atoms with E-state index in [1.165, 1.54) is 4.31 Å². The van der Waals surface area contributed by atoms with Crippen LogP contribution in [0, 0.1) is 0 Å². The Hall–Kier alpha value is -0.560. The van der Waals surface area contributed by atoms with E-state index in [0.29, 0.717) is 24.0 Å². The predicted octanol–water partition coefficient (Wildman–Crippen LogP) is 2.22. The van der Waals surface area contributed by atoms with Crippen molar-refractivity contribution in [2.75, 3.05) is 20.3 Å². The Morgan fingerprint density at radius 3 is 2.70 bits per heavy atom. The summed E-state index contributed by atoms with van der Waals surface area (Å²) in [5.41, 5.74) is 0.816. The summed E-state index contributed by atoms with van der Waals surface area (Å²) in [6, 6.07) is 1.75. The van der Waals surface area contributed by atoms with Gasteiger partial charge in [-0.3, -0.25) is 0 Å². The van der Waals surface area contributed by atoms with E-state index in [4.69, 9.17) is 16.3 Å². The Labute approximate surface area is 125 Å². The number of alkyl halides is 1. The van der Waals surface area contributed by atoms with Gasteiger partial charge in [0.1, 0.15) is 4.90 Å². The van der Waals surface area contributed by atoms with Crippen LogP contribution in [0.4, 0.5) is 0 Å². The lowest BCUT2D eigenvalue weighted by molar-refractivity contribution is 0.181. The number of sulfonamides is 1.